The van der Waals surface area contributed by atoms with Crippen LogP contribution in [0.2, 0.25) is 0 Å². The molecule has 0 amide bonds. The van der Waals surface area contributed by atoms with Gasteiger partial charge in [0.25, 0.3) is 0 Å². The van der Waals surface area contributed by atoms with Gasteiger partial charge in [0.05, 0.1) is 30.5 Å². The van der Waals surface area contributed by atoms with Crippen molar-refractivity contribution in [2.45, 2.75) is 161 Å². The van der Waals surface area contributed by atoms with Crippen molar-refractivity contribution >= 4 is 0 Å². The second-order valence-electron chi connectivity index (χ2n) is 17.5. The molecule has 1 aliphatic heterocycles. The normalized spacial score (nSPS) is 52.2. The first-order valence-electron chi connectivity index (χ1n) is 17.4. The van der Waals surface area contributed by atoms with Gasteiger partial charge >= 0.3 is 0 Å². The molecule has 0 spiro atoms. The maximum absolute atomic E-state index is 12.2. The molecule has 0 aromatic rings. The molecular weight excluding hydrogens is 576 g/mol. The highest BCUT2D eigenvalue weighted by Gasteiger charge is 2.73. The maximum atomic E-state index is 12.2. The minimum atomic E-state index is -1.51. The van der Waals surface area contributed by atoms with E-state index in [1.54, 1.807) is 0 Å². The summed E-state index contributed by atoms with van der Waals surface area (Å²) in [7, 11) is 0. The molecule has 0 unspecified atom stereocenters. The lowest BCUT2D eigenvalue weighted by atomic mass is 9.34. The molecule has 5 rings (SSSR count). The molecule has 4 saturated carbocycles. The van der Waals surface area contributed by atoms with Crippen LogP contribution in [0.4, 0.5) is 0 Å². The molecule has 45 heavy (non-hydrogen) atoms. The summed E-state index contributed by atoms with van der Waals surface area (Å²) in [6.45, 7) is 16.7. The predicted octanol–water partition coefficient (Wildman–Crippen LogP) is 3.30. The third-order valence-electron chi connectivity index (χ3n) is 14.4. The Morgan fingerprint density at radius 1 is 0.911 bits per heavy atom. The summed E-state index contributed by atoms with van der Waals surface area (Å²) in [6, 6.07) is 0. The molecule has 1 saturated heterocycles. The smallest absolute Gasteiger partial charge is 0.186 e. The highest BCUT2D eigenvalue weighted by atomic mass is 16.7. The standard InChI is InChI=1S/C36H62O9/c1-19(2)10-9-13-36(8,43)20-11-15-34(6)26(20)21(38)16-24-33(5)14-12-25(32(3,4)30(33)22(39)17-35(24,34)7)45-31-29(42)28(41)27(40)23(18-37)44-31/h10,20-31,37-43H,9,11-18H2,1-8H3/t20-,21+,22-,23+,24+,25-,26-,27+,28-,29+,30-,31-,33+,34+,35+,36+/m0/s1. The first kappa shape index (κ1) is 35.7. The number of fused-ring (bicyclic) bond motifs is 5. The van der Waals surface area contributed by atoms with Gasteiger partial charge in [0.15, 0.2) is 6.29 Å². The monoisotopic (exact) mass is 638 g/mol. The van der Waals surface area contributed by atoms with Crippen LogP contribution in [0.3, 0.4) is 0 Å². The van der Waals surface area contributed by atoms with E-state index in [2.05, 4.69) is 54.5 Å². The van der Waals surface area contributed by atoms with Gasteiger partial charge in [-0.3, -0.25) is 0 Å². The number of ether oxygens (including phenoxy) is 2. The van der Waals surface area contributed by atoms with Crippen molar-refractivity contribution in [2.24, 2.45) is 45.3 Å². The zero-order valence-corrected chi connectivity index (χ0v) is 28.8. The van der Waals surface area contributed by atoms with Crippen molar-refractivity contribution in [2.75, 3.05) is 6.61 Å². The Morgan fingerprint density at radius 3 is 2.20 bits per heavy atom. The van der Waals surface area contributed by atoms with Gasteiger partial charge in [-0.2, -0.15) is 0 Å². The molecule has 16 atom stereocenters. The van der Waals surface area contributed by atoms with Crippen molar-refractivity contribution in [1.29, 1.82) is 0 Å². The van der Waals surface area contributed by atoms with Crippen molar-refractivity contribution in [3.63, 3.8) is 0 Å². The van der Waals surface area contributed by atoms with Crippen molar-refractivity contribution in [1.82, 2.24) is 0 Å². The largest absolute Gasteiger partial charge is 0.394 e. The molecule has 9 nitrogen and oxygen atoms in total. The van der Waals surface area contributed by atoms with Crippen LogP contribution < -0.4 is 0 Å². The number of hydrogen-bond acceptors (Lipinski definition) is 9. The molecule has 9 heteroatoms. The van der Waals surface area contributed by atoms with Gasteiger partial charge in [-0.25, -0.2) is 0 Å². The molecule has 7 N–H and O–H groups in total. The van der Waals surface area contributed by atoms with Gasteiger partial charge in [0, 0.05) is 0 Å². The number of aliphatic hydroxyl groups is 7. The Hall–Kier alpha value is -0.620. The number of rotatable bonds is 7. The Kier molecular flexibility index (Phi) is 9.56. The van der Waals surface area contributed by atoms with Crippen molar-refractivity contribution < 1.29 is 45.2 Å². The molecule has 4 aliphatic carbocycles. The van der Waals surface area contributed by atoms with Crippen LogP contribution >= 0.6 is 0 Å². The SMILES string of the molecule is CC(C)=CCC[C@@](C)(O)[C@H]1CC[C@]2(C)[C@@H]1[C@H](O)C[C@@H]1[C@@]3(C)CC[C@H](O[C@@H]4O[C@H](CO)[C@@H](O)[C@H](O)[C@H]4O)C(C)(C)[C@@H]3[C@@H](O)C[C@]12C. The fourth-order valence-corrected chi connectivity index (χ4v) is 12.0. The van der Waals surface area contributed by atoms with Crippen LogP contribution in [0.15, 0.2) is 11.6 Å². The average molecular weight is 639 g/mol. The summed E-state index contributed by atoms with van der Waals surface area (Å²) in [6.07, 6.45) is -0.292. The Balaban J connectivity index is 1.41. The summed E-state index contributed by atoms with van der Waals surface area (Å²) in [5.41, 5.74) is -0.992. The van der Waals surface area contributed by atoms with Gasteiger partial charge in [-0.05, 0) is 117 Å². The van der Waals surface area contributed by atoms with Gasteiger partial charge in [-0.1, -0.05) is 46.3 Å². The quantitative estimate of drug-likeness (QED) is 0.164. The Bertz CT molecular complexity index is 1100. The van der Waals surface area contributed by atoms with Gasteiger partial charge < -0.3 is 45.2 Å². The number of aliphatic hydroxyl groups excluding tert-OH is 6. The molecule has 1 heterocycles. The van der Waals surface area contributed by atoms with Crippen LogP contribution in [0, 0.1) is 45.3 Å². The lowest BCUT2D eigenvalue weighted by Crippen LogP contribution is -2.70. The third kappa shape index (κ3) is 5.48. The zero-order valence-electron chi connectivity index (χ0n) is 28.8. The molecule has 260 valence electrons. The van der Waals surface area contributed by atoms with E-state index < -0.39 is 66.6 Å². The topological polar surface area (TPSA) is 160 Å². The van der Waals surface area contributed by atoms with Crippen LogP contribution in [-0.2, 0) is 9.47 Å². The van der Waals surface area contributed by atoms with E-state index in [1.807, 2.05) is 6.92 Å². The van der Waals surface area contributed by atoms with E-state index in [4.69, 9.17) is 9.47 Å². The number of hydrogen-bond donors (Lipinski definition) is 7. The van der Waals surface area contributed by atoms with Crippen LogP contribution in [0.1, 0.15) is 107 Å². The predicted molar refractivity (Wildman–Crippen MR) is 170 cm³/mol. The number of allylic oxidation sites excluding steroid dienone is 2. The second kappa shape index (κ2) is 12.1. The molecule has 0 aromatic heterocycles. The fourth-order valence-electron chi connectivity index (χ4n) is 12.0. The molecule has 5 fully saturated rings. The van der Waals surface area contributed by atoms with Gasteiger partial charge in [-0.15, -0.1) is 0 Å². The summed E-state index contributed by atoms with van der Waals surface area (Å²) in [4.78, 5) is 0. The second-order valence-corrected chi connectivity index (χ2v) is 17.5. The minimum Gasteiger partial charge on any atom is -0.394 e. The van der Waals surface area contributed by atoms with Crippen molar-refractivity contribution in [3.05, 3.63) is 11.6 Å². The fraction of sp³-hybridized carbons (Fsp3) is 0.944. The highest BCUT2D eigenvalue weighted by molar-refractivity contribution is 5.21. The van der Waals surface area contributed by atoms with E-state index in [-0.39, 0.29) is 39.9 Å². The summed E-state index contributed by atoms with van der Waals surface area (Å²) in [5, 5.41) is 77.0. The van der Waals surface area contributed by atoms with E-state index >= 15 is 0 Å². The van der Waals surface area contributed by atoms with E-state index in [9.17, 15) is 35.7 Å². The van der Waals surface area contributed by atoms with Gasteiger partial charge in [0.1, 0.15) is 24.4 Å². The lowest BCUT2D eigenvalue weighted by Gasteiger charge is -2.71. The first-order chi connectivity index (χ1) is 20.8. The molecular formula is C36H62O9. The van der Waals surface area contributed by atoms with E-state index in [1.165, 1.54) is 5.57 Å². The van der Waals surface area contributed by atoms with Gasteiger partial charge in [0.2, 0.25) is 0 Å². The van der Waals surface area contributed by atoms with Crippen LogP contribution in [0.5, 0.6) is 0 Å². The Morgan fingerprint density at radius 2 is 1.58 bits per heavy atom. The molecule has 0 bridgehead atoms. The van der Waals surface area contributed by atoms with E-state index in [0.717, 1.165) is 25.7 Å². The lowest BCUT2D eigenvalue weighted by molar-refractivity contribution is -0.337. The highest BCUT2D eigenvalue weighted by Crippen LogP contribution is 2.76. The van der Waals surface area contributed by atoms with Crippen molar-refractivity contribution in [3.8, 4) is 0 Å². The molecule has 5 aliphatic rings. The zero-order chi connectivity index (χ0) is 33.5. The summed E-state index contributed by atoms with van der Waals surface area (Å²) in [5.74, 6) is -0.0748. The third-order valence-corrected chi connectivity index (χ3v) is 14.4. The molecule has 0 aromatic carbocycles. The first-order valence-corrected chi connectivity index (χ1v) is 17.4. The summed E-state index contributed by atoms with van der Waals surface area (Å²) < 4.78 is 12.1. The van der Waals surface area contributed by atoms with Crippen LogP contribution in [0.25, 0.3) is 0 Å². The average Bonchev–Trinajstić information content (AvgIpc) is 3.32. The summed E-state index contributed by atoms with van der Waals surface area (Å²) >= 11 is 0. The maximum Gasteiger partial charge on any atom is 0.186 e. The Labute approximate surface area is 270 Å². The molecule has 0 radical (unpaired) electrons. The minimum absolute atomic E-state index is 0.0115. The van der Waals surface area contributed by atoms with Crippen LogP contribution in [-0.4, -0.2) is 97.0 Å². The van der Waals surface area contributed by atoms with E-state index in [0.29, 0.717) is 25.7 Å².